The van der Waals surface area contributed by atoms with Crippen molar-refractivity contribution in [2.75, 3.05) is 39.5 Å². The van der Waals surface area contributed by atoms with Crippen LogP contribution >= 0.6 is 0 Å². The quantitative estimate of drug-likeness (QED) is 0.390. The highest BCUT2D eigenvalue weighted by atomic mass is 16.7. The molecule has 6 aliphatic rings. The van der Waals surface area contributed by atoms with Crippen LogP contribution in [-0.4, -0.2) is 68.3 Å². The van der Waals surface area contributed by atoms with Gasteiger partial charge in [0, 0.05) is 31.1 Å². The van der Waals surface area contributed by atoms with Crippen LogP contribution in [0.25, 0.3) is 0 Å². The number of ether oxygens (including phenoxy) is 4. The summed E-state index contributed by atoms with van der Waals surface area (Å²) in [4.78, 5) is 26.3. The Labute approximate surface area is 230 Å². The number of carbonyl (C=O) groups excluding carboxylic acids is 1. The lowest BCUT2D eigenvalue weighted by atomic mass is 9.44. The first-order chi connectivity index (χ1) is 18.8. The molecule has 8 heteroatoms. The molecule has 6 fully saturated rings. The van der Waals surface area contributed by atoms with Crippen LogP contribution in [0.15, 0.2) is 27.6 Å². The van der Waals surface area contributed by atoms with Crippen LogP contribution in [0.1, 0.15) is 76.7 Å². The first-order valence-corrected chi connectivity index (χ1v) is 15.2. The van der Waals surface area contributed by atoms with Crippen molar-refractivity contribution in [1.82, 2.24) is 4.90 Å². The van der Waals surface area contributed by atoms with E-state index < -0.39 is 6.16 Å². The lowest BCUT2D eigenvalue weighted by molar-refractivity contribution is -0.141. The van der Waals surface area contributed by atoms with Crippen LogP contribution in [0.4, 0.5) is 4.79 Å². The molecule has 0 radical (unpaired) electrons. The molecular formula is C31H43NO7. The summed E-state index contributed by atoms with van der Waals surface area (Å²) in [5, 5.41) is 0. The fourth-order valence-electron chi connectivity index (χ4n) is 10.1. The highest BCUT2D eigenvalue weighted by Gasteiger charge is 2.80. The molecule has 2 saturated heterocycles. The molecule has 1 aromatic rings. The molecule has 0 amide bonds. The topological polar surface area (TPSA) is 90.7 Å². The Morgan fingerprint density at radius 1 is 1.05 bits per heavy atom. The maximum absolute atomic E-state index is 12.5. The van der Waals surface area contributed by atoms with Crippen molar-refractivity contribution in [3.05, 3.63) is 34.4 Å². The van der Waals surface area contributed by atoms with E-state index in [2.05, 4.69) is 18.7 Å². The predicted molar refractivity (Wildman–Crippen MR) is 142 cm³/mol. The van der Waals surface area contributed by atoms with E-state index in [0.717, 1.165) is 70.5 Å². The molecule has 0 aromatic carbocycles. The van der Waals surface area contributed by atoms with Crippen LogP contribution in [-0.2, 0) is 18.9 Å². The van der Waals surface area contributed by atoms with E-state index in [9.17, 15) is 9.59 Å². The van der Waals surface area contributed by atoms with Crippen LogP contribution in [0.2, 0.25) is 0 Å². The van der Waals surface area contributed by atoms with Crippen molar-refractivity contribution in [2.24, 2.45) is 28.6 Å². The minimum Gasteiger partial charge on any atom is -0.433 e. The number of carbonyl (C=O) groups is 1. The van der Waals surface area contributed by atoms with Gasteiger partial charge < -0.3 is 23.4 Å². The van der Waals surface area contributed by atoms with E-state index in [1.807, 2.05) is 6.07 Å². The molecule has 7 rings (SSSR count). The van der Waals surface area contributed by atoms with Crippen LogP contribution in [0.5, 0.6) is 0 Å². The highest BCUT2D eigenvalue weighted by molar-refractivity contribution is 5.60. The summed E-state index contributed by atoms with van der Waals surface area (Å²) >= 11 is 0. The summed E-state index contributed by atoms with van der Waals surface area (Å²) in [7, 11) is 0. The smallest absolute Gasteiger partial charge is 0.433 e. The van der Waals surface area contributed by atoms with Gasteiger partial charge in [-0.25, -0.2) is 9.59 Å². The molecule has 9 atom stereocenters. The molecule has 0 unspecified atom stereocenters. The molecule has 4 saturated carbocycles. The second-order valence-corrected chi connectivity index (χ2v) is 13.6. The molecule has 4 aliphatic carbocycles. The number of hydrogen-bond donors (Lipinski definition) is 0. The molecule has 0 N–H and O–H groups in total. The number of nitrogens with zero attached hydrogens (tertiary/aromatic N) is 1. The average molecular weight is 542 g/mol. The summed E-state index contributed by atoms with van der Waals surface area (Å²) in [5.74, 6) is 2.16. The third-order valence-corrected chi connectivity index (χ3v) is 12.2. The van der Waals surface area contributed by atoms with E-state index in [0.29, 0.717) is 36.4 Å². The monoisotopic (exact) mass is 541 g/mol. The zero-order chi connectivity index (χ0) is 26.8. The van der Waals surface area contributed by atoms with Gasteiger partial charge in [-0.05, 0) is 92.1 Å². The first kappa shape index (κ1) is 26.0. The molecule has 1 aromatic heterocycles. The molecule has 214 valence electrons. The SMILES string of the molecule is C[C@]12CC[C@H](OC(=O)OCCN3CCOCC3)C[C@H]1CC[C@@H]1[C@@H]2CC[C@]2(C)[C@@H](c3ccc(=O)oc3)C[C@H]3O[C@]132. The van der Waals surface area contributed by atoms with Crippen molar-refractivity contribution >= 4 is 6.16 Å². The molecular weight excluding hydrogens is 498 g/mol. The van der Waals surface area contributed by atoms with Gasteiger partial charge in [-0.1, -0.05) is 13.8 Å². The Morgan fingerprint density at radius 2 is 1.90 bits per heavy atom. The zero-order valence-electron chi connectivity index (χ0n) is 23.4. The maximum Gasteiger partial charge on any atom is 0.508 e. The Hall–Kier alpha value is -1.90. The predicted octanol–water partition coefficient (Wildman–Crippen LogP) is 4.75. The van der Waals surface area contributed by atoms with Crippen molar-refractivity contribution in [1.29, 1.82) is 0 Å². The Morgan fingerprint density at radius 3 is 2.69 bits per heavy atom. The van der Waals surface area contributed by atoms with Crippen molar-refractivity contribution in [2.45, 2.75) is 88.9 Å². The van der Waals surface area contributed by atoms with Gasteiger partial charge in [0.1, 0.15) is 18.3 Å². The summed E-state index contributed by atoms with van der Waals surface area (Å²) in [6.45, 7) is 9.33. The minimum absolute atomic E-state index is 0.0393. The largest absolute Gasteiger partial charge is 0.508 e. The fourth-order valence-corrected chi connectivity index (χ4v) is 10.1. The standard InChI is InChI=1S/C31H43NO7/c1-29-9-7-22(38-28(34)36-16-13-32-11-14-35-15-12-32)17-21(29)4-5-24-23(29)8-10-30(2)25(18-26-31(24,30)39-26)20-3-6-27(33)37-19-20/h3,6,19,21-26H,4-5,7-18H2,1-2H3/t21-,22+,23+,24-,25-,26-,29+,30-,31-/m1/s1. The molecule has 2 aliphatic heterocycles. The molecule has 39 heavy (non-hydrogen) atoms. The number of epoxide rings is 1. The molecule has 3 heterocycles. The van der Waals surface area contributed by atoms with Gasteiger partial charge in [0.2, 0.25) is 0 Å². The van der Waals surface area contributed by atoms with Crippen molar-refractivity contribution < 1.29 is 28.2 Å². The second-order valence-electron chi connectivity index (χ2n) is 13.6. The lowest BCUT2D eigenvalue weighted by Crippen LogP contribution is -2.58. The van der Waals surface area contributed by atoms with Crippen molar-refractivity contribution in [3.8, 4) is 0 Å². The maximum atomic E-state index is 12.5. The van der Waals surface area contributed by atoms with E-state index >= 15 is 0 Å². The number of hydrogen-bond acceptors (Lipinski definition) is 8. The normalized spacial score (nSPS) is 44.9. The van der Waals surface area contributed by atoms with Crippen LogP contribution in [0, 0.1) is 28.6 Å². The third-order valence-electron chi connectivity index (χ3n) is 12.2. The van der Waals surface area contributed by atoms with Gasteiger partial charge in [-0.15, -0.1) is 0 Å². The Kier molecular flexibility index (Phi) is 6.40. The van der Waals surface area contributed by atoms with Crippen molar-refractivity contribution in [3.63, 3.8) is 0 Å². The first-order valence-electron chi connectivity index (χ1n) is 15.2. The Bertz CT molecular complexity index is 1130. The van der Waals surface area contributed by atoms with E-state index in [-0.39, 0.29) is 28.2 Å². The number of fused-ring (bicyclic) bond motifs is 3. The number of morpholine rings is 1. The zero-order valence-corrected chi connectivity index (χ0v) is 23.4. The van der Waals surface area contributed by atoms with Gasteiger partial charge in [0.05, 0.1) is 25.6 Å². The van der Waals surface area contributed by atoms with Gasteiger partial charge in [0.15, 0.2) is 0 Å². The summed E-state index contributed by atoms with van der Waals surface area (Å²) in [6, 6.07) is 3.54. The number of rotatable bonds is 5. The van der Waals surface area contributed by atoms with Gasteiger partial charge in [-0.2, -0.15) is 0 Å². The van der Waals surface area contributed by atoms with E-state index in [4.69, 9.17) is 23.4 Å². The lowest BCUT2D eigenvalue weighted by Gasteiger charge is -2.61. The fraction of sp³-hybridized carbons (Fsp3) is 0.806. The average Bonchev–Trinajstić information content (AvgIpc) is 3.59. The minimum atomic E-state index is -0.513. The van der Waals surface area contributed by atoms with Gasteiger partial charge >= 0.3 is 11.8 Å². The van der Waals surface area contributed by atoms with E-state index in [1.54, 1.807) is 12.3 Å². The summed E-state index contributed by atoms with van der Waals surface area (Å²) in [5.41, 5.74) is 1.16. The van der Waals surface area contributed by atoms with Gasteiger partial charge in [0.25, 0.3) is 0 Å². The van der Waals surface area contributed by atoms with E-state index in [1.165, 1.54) is 19.3 Å². The van der Waals surface area contributed by atoms with Crippen LogP contribution in [0.3, 0.4) is 0 Å². The molecule has 0 bridgehead atoms. The van der Waals surface area contributed by atoms with Crippen LogP contribution < -0.4 is 5.63 Å². The summed E-state index contributed by atoms with van der Waals surface area (Å²) < 4.78 is 28.6. The van der Waals surface area contributed by atoms with Gasteiger partial charge in [-0.3, -0.25) is 4.90 Å². The second kappa shape index (κ2) is 9.59. The molecule has 1 spiro atoms. The molecule has 8 nitrogen and oxygen atoms in total. The Balaban J connectivity index is 0.984. The third kappa shape index (κ3) is 4.11. The highest BCUT2D eigenvalue weighted by Crippen LogP contribution is 2.78. The summed E-state index contributed by atoms with van der Waals surface area (Å²) in [6.07, 6.45) is 10.1.